The van der Waals surface area contributed by atoms with E-state index in [9.17, 15) is 9.59 Å². The van der Waals surface area contributed by atoms with Gasteiger partial charge in [-0.2, -0.15) is 0 Å². The van der Waals surface area contributed by atoms with E-state index < -0.39 is 0 Å². The second kappa shape index (κ2) is 6.22. The van der Waals surface area contributed by atoms with Crippen LogP contribution in [0.4, 0.5) is 0 Å². The maximum Gasteiger partial charge on any atom is 0.268 e. The summed E-state index contributed by atoms with van der Waals surface area (Å²) in [4.78, 5) is 27.8. The molecular weight excluding hydrogens is 336 g/mol. The molecule has 0 amide bonds. The normalized spacial score (nSPS) is 10.5. The van der Waals surface area contributed by atoms with Crippen LogP contribution in [-0.4, -0.2) is 22.4 Å². The van der Waals surface area contributed by atoms with Crippen LogP contribution in [0, 0.1) is 6.92 Å². The topological polar surface area (TPSA) is 61.2 Å². The molecule has 1 aromatic carbocycles. The zero-order chi connectivity index (χ0) is 15.6. The number of ketones is 1. The van der Waals surface area contributed by atoms with Crippen molar-refractivity contribution in [2.75, 3.05) is 7.11 Å². The Labute approximate surface area is 130 Å². The van der Waals surface area contributed by atoms with Gasteiger partial charge in [0.1, 0.15) is 10.2 Å². The van der Waals surface area contributed by atoms with Crippen molar-refractivity contribution in [3.8, 4) is 5.75 Å². The van der Waals surface area contributed by atoms with Gasteiger partial charge in [0.25, 0.3) is 5.56 Å². The van der Waals surface area contributed by atoms with E-state index >= 15 is 0 Å². The number of halogens is 1. The Balaban J connectivity index is 2.48. The molecule has 6 heteroatoms. The summed E-state index contributed by atoms with van der Waals surface area (Å²) in [6.45, 7) is 3.55. The first-order valence-corrected chi connectivity index (χ1v) is 7.12. The van der Waals surface area contributed by atoms with Crippen molar-refractivity contribution in [3.05, 3.63) is 56.2 Å². The van der Waals surface area contributed by atoms with Crippen LogP contribution < -0.4 is 10.3 Å². The van der Waals surface area contributed by atoms with Crippen molar-refractivity contribution in [2.45, 2.75) is 20.4 Å². The van der Waals surface area contributed by atoms with Gasteiger partial charge < -0.3 is 4.74 Å². The number of carbonyl (C=O) groups is 1. The van der Waals surface area contributed by atoms with Crippen molar-refractivity contribution in [2.24, 2.45) is 0 Å². The lowest BCUT2D eigenvalue weighted by Gasteiger charge is -2.12. The highest BCUT2D eigenvalue weighted by Crippen LogP contribution is 2.21. The van der Waals surface area contributed by atoms with Crippen LogP contribution in [0.3, 0.4) is 0 Å². The summed E-state index contributed by atoms with van der Waals surface area (Å²) < 4.78 is 7.20. The molecule has 5 nitrogen and oxygen atoms in total. The third-order valence-electron chi connectivity index (χ3n) is 3.18. The number of carbonyl (C=O) groups excluding carboxylic acids is 1. The minimum atomic E-state index is -0.169. The van der Waals surface area contributed by atoms with Gasteiger partial charge >= 0.3 is 0 Å². The second-order valence-electron chi connectivity index (χ2n) is 4.66. The first-order valence-electron chi connectivity index (χ1n) is 6.33. The highest BCUT2D eigenvalue weighted by atomic mass is 79.9. The number of aryl methyl sites for hydroxylation is 1. The zero-order valence-electron chi connectivity index (χ0n) is 12.0. The monoisotopic (exact) mass is 350 g/mol. The molecule has 2 rings (SSSR count). The lowest BCUT2D eigenvalue weighted by atomic mass is 10.1. The number of aromatic nitrogens is 2. The van der Waals surface area contributed by atoms with Crippen LogP contribution in [0.15, 0.2) is 33.8 Å². The van der Waals surface area contributed by atoms with E-state index in [-0.39, 0.29) is 17.9 Å². The van der Waals surface area contributed by atoms with Crippen LogP contribution in [0.5, 0.6) is 5.75 Å². The Morgan fingerprint density at radius 1 is 1.43 bits per heavy atom. The number of benzene rings is 1. The third kappa shape index (κ3) is 3.21. The van der Waals surface area contributed by atoms with Crippen molar-refractivity contribution < 1.29 is 9.53 Å². The van der Waals surface area contributed by atoms with Crippen molar-refractivity contribution in [3.63, 3.8) is 0 Å². The second-order valence-corrected chi connectivity index (χ2v) is 5.45. The van der Waals surface area contributed by atoms with Crippen LogP contribution in [0.25, 0.3) is 0 Å². The smallest absolute Gasteiger partial charge is 0.268 e. The molecule has 0 unspecified atom stereocenters. The standard InChI is InChI=1S/C15H15BrN2O3/c1-9-14(16)15(20)18(8-17-9)7-12-6-11(10(2)19)4-5-13(12)21-3/h4-6,8H,7H2,1-3H3. The summed E-state index contributed by atoms with van der Waals surface area (Å²) in [7, 11) is 1.55. The van der Waals surface area contributed by atoms with Crippen LogP contribution in [0.2, 0.25) is 0 Å². The third-order valence-corrected chi connectivity index (χ3v) is 4.10. The fraction of sp³-hybridized carbons (Fsp3) is 0.267. The lowest BCUT2D eigenvalue weighted by Crippen LogP contribution is -2.23. The van der Waals surface area contributed by atoms with E-state index in [0.29, 0.717) is 21.5 Å². The Bertz CT molecular complexity index is 753. The number of ether oxygens (including phenoxy) is 1. The maximum absolute atomic E-state index is 12.2. The van der Waals surface area contributed by atoms with Crippen LogP contribution >= 0.6 is 15.9 Å². The first kappa shape index (κ1) is 15.4. The molecule has 0 radical (unpaired) electrons. The molecule has 0 bridgehead atoms. The quantitative estimate of drug-likeness (QED) is 0.795. The highest BCUT2D eigenvalue weighted by Gasteiger charge is 2.11. The SMILES string of the molecule is COc1ccc(C(C)=O)cc1Cn1cnc(C)c(Br)c1=O. The molecule has 0 aliphatic carbocycles. The molecule has 1 aromatic heterocycles. The summed E-state index contributed by atoms with van der Waals surface area (Å²) in [5.41, 5.74) is 1.81. The first-order chi connectivity index (χ1) is 9.93. The van der Waals surface area contributed by atoms with E-state index in [1.165, 1.54) is 17.8 Å². The predicted molar refractivity (Wildman–Crippen MR) is 83.0 cm³/mol. The van der Waals surface area contributed by atoms with Crippen LogP contribution in [0.1, 0.15) is 28.5 Å². The highest BCUT2D eigenvalue weighted by molar-refractivity contribution is 9.10. The number of rotatable bonds is 4. The van der Waals surface area contributed by atoms with Gasteiger partial charge in [-0.15, -0.1) is 0 Å². The maximum atomic E-state index is 12.2. The summed E-state index contributed by atoms with van der Waals surface area (Å²) in [6.07, 6.45) is 1.49. The largest absolute Gasteiger partial charge is 0.496 e. The fourth-order valence-corrected chi connectivity index (χ4v) is 2.29. The summed E-state index contributed by atoms with van der Waals surface area (Å²) in [5.74, 6) is 0.595. The van der Waals surface area contributed by atoms with Crippen molar-refractivity contribution in [1.82, 2.24) is 9.55 Å². The number of nitrogens with zero attached hydrogens (tertiary/aromatic N) is 2. The molecule has 0 aliphatic rings. The van der Waals surface area contributed by atoms with Gasteiger partial charge in [-0.05, 0) is 48.0 Å². The Morgan fingerprint density at radius 3 is 2.76 bits per heavy atom. The molecule has 1 heterocycles. The van der Waals surface area contributed by atoms with E-state index in [1.807, 2.05) is 0 Å². The average Bonchev–Trinajstić information content (AvgIpc) is 2.47. The van der Waals surface area contributed by atoms with Crippen molar-refractivity contribution >= 4 is 21.7 Å². The predicted octanol–water partition coefficient (Wildman–Crippen LogP) is 2.57. The molecule has 21 heavy (non-hydrogen) atoms. The number of Topliss-reactive ketones (excluding diaryl/α,β-unsaturated/α-hetero) is 1. The number of hydrogen-bond donors (Lipinski definition) is 0. The number of hydrogen-bond acceptors (Lipinski definition) is 4. The molecule has 0 fully saturated rings. The summed E-state index contributed by atoms with van der Waals surface area (Å²) in [6, 6.07) is 5.17. The molecule has 0 aliphatic heterocycles. The Morgan fingerprint density at radius 2 is 2.14 bits per heavy atom. The summed E-state index contributed by atoms with van der Waals surface area (Å²) in [5, 5.41) is 0. The zero-order valence-corrected chi connectivity index (χ0v) is 13.6. The Kier molecular flexibility index (Phi) is 4.57. The Hall–Kier alpha value is -1.95. The van der Waals surface area contributed by atoms with E-state index in [2.05, 4.69) is 20.9 Å². The summed E-state index contributed by atoms with van der Waals surface area (Å²) >= 11 is 3.24. The minimum Gasteiger partial charge on any atom is -0.496 e. The van der Waals surface area contributed by atoms with Gasteiger partial charge in [0, 0.05) is 11.1 Å². The van der Waals surface area contributed by atoms with Crippen molar-refractivity contribution in [1.29, 1.82) is 0 Å². The molecule has 2 aromatic rings. The van der Waals surface area contributed by atoms with Gasteiger partial charge in [0.05, 0.1) is 25.7 Å². The van der Waals surface area contributed by atoms with E-state index in [1.54, 1.807) is 32.2 Å². The minimum absolute atomic E-state index is 0.0329. The molecule has 110 valence electrons. The van der Waals surface area contributed by atoms with Gasteiger partial charge in [0.15, 0.2) is 5.78 Å². The molecule has 0 saturated heterocycles. The molecule has 0 spiro atoms. The van der Waals surface area contributed by atoms with Gasteiger partial charge in [-0.25, -0.2) is 4.98 Å². The number of methoxy groups -OCH3 is 1. The average molecular weight is 351 g/mol. The van der Waals surface area contributed by atoms with Gasteiger partial charge in [-0.3, -0.25) is 14.2 Å². The lowest BCUT2D eigenvalue weighted by molar-refractivity contribution is 0.101. The van der Waals surface area contributed by atoms with E-state index in [0.717, 1.165) is 5.56 Å². The van der Waals surface area contributed by atoms with E-state index in [4.69, 9.17) is 4.74 Å². The van der Waals surface area contributed by atoms with Gasteiger partial charge in [-0.1, -0.05) is 0 Å². The fourth-order valence-electron chi connectivity index (χ4n) is 1.96. The molecule has 0 saturated carbocycles. The molecule has 0 atom stereocenters. The van der Waals surface area contributed by atoms with Gasteiger partial charge in [0.2, 0.25) is 0 Å². The molecular formula is C15H15BrN2O3. The van der Waals surface area contributed by atoms with Crippen LogP contribution in [-0.2, 0) is 6.54 Å². The molecule has 0 N–H and O–H groups in total.